The quantitative estimate of drug-likeness (QED) is 0.790. The highest BCUT2D eigenvalue weighted by Crippen LogP contribution is 2.21. The molecule has 0 bridgehead atoms. The number of likely N-dealkylation sites (N-methyl/N-ethyl adjacent to an activating group) is 1. The average molecular weight is 356 g/mol. The van der Waals surface area contributed by atoms with E-state index in [0.29, 0.717) is 6.54 Å². The van der Waals surface area contributed by atoms with Gasteiger partial charge in [-0.05, 0) is 57.3 Å². The summed E-state index contributed by atoms with van der Waals surface area (Å²) < 4.78 is 10.8. The molecule has 2 aromatic rings. The number of carbonyl (C=O) groups is 1. The Hall–Kier alpha value is -2.53. The molecule has 1 amide bonds. The molecule has 0 aromatic heterocycles. The zero-order chi connectivity index (χ0) is 19.1. The summed E-state index contributed by atoms with van der Waals surface area (Å²) in [7, 11) is 5.63. The lowest BCUT2D eigenvalue weighted by Gasteiger charge is -2.25. The molecule has 0 aliphatic heterocycles. The zero-order valence-corrected chi connectivity index (χ0v) is 16.2. The van der Waals surface area contributed by atoms with Gasteiger partial charge in [-0.25, -0.2) is 0 Å². The highest BCUT2D eigenvalue weighted by Gasteiger charge is 2.16. The number of nitrogens with zero attached hydrogens (tertiary/aromatic N) is 1. The first kappa shape index (κ1) is 19.8. The van der Waals surface area contributed by atoms with Gasteiger partial charge >= 0.3 is 0 Å². The maximum atomic E-state index is 12.2. The summed E-state index contributed by atoms with van der Waals surface area (Å²) in [5.74, 6) is 1.42. The van der Waals surface area contributed by atoms with Crippen molar-refractivity contribution in [1.29, 1.82) is 0 Å². The van der Waals surface area contributed by atoms with Crippen molar-refractivity contribution in [2.75, 3.05) is 34.4 Å². The summed E-state index contributed by atoms with van der Waals surface area (Å²) in [5.41, 5.74) is 3.32. The van der Waals surface area contributed by atoms with E-state index >= 15 is 0 Å². The van der Waals surface area contributed by atoms with Crippen LogP contribution in [-0.4, -0.2) is 45.2 Å². The molecule has 5 nitrogen and oxygen atoms in total. The van der Waals surface area contributed by atoms with Crippen LogP contribution in [0.1, 0.15) is 22.7 Å². The predicted molar refractivity (Wildman–Crippen MR) is 104 cm³/mol. The first-order chi connectivity index (χ1) is 12.4. The highest BCUT2D eigenvalue weighted by atomic mass is 16.5. The number of hydrogen-bond acceptors (Lipinski definition) is 4. The van der Waals surface area contributed by atoms with Crippen molar-refractivity contribution >= 4 is 5.91 Å². The van der Waals surface area contributed by atoms with Crippen LogP contribution in [0.4, 0.5) is 0 Å². The standard InChI is InChI=1S/C21H28N2O3/c1-15-6-11-20(16(2)12-15)26-14-21(24)22-13-19(23(3)4)17-7-9-18(25-5)10-8-17/h6-12,19H,13-14H2,1-5H3,(H,22,24). The maximum absolute atomic E-state index is 12.2. The molecule has 0 heterocycles. The van der Waals surface area contributed by atoms with E-state index in [2.05, 4.69) is 10.2 Å². The van der Waals surface area contributed by atoms with Gasteiger partial charge in [-0.2, -0.15) is 0 Å². The number of methoxy groups -OCH3 is 1. The van der Waals surface area contributed by atoms with Gasteiger partial charge in [-0.3, -0.25) is 4.79 Å². The van der Waals surface area contributed by atoms with Crippen molar-refractivity contribution in [3.8, 4) is 11.5 Å². The Labute approximate surface area is 155 Å². The fraction of sp³-hybridized carbons (Fsp3) is 0.381. The van der Waals surface area contributed by atoms with Gasteiger partial charge in [0, 0.05) is 6.54 Å². The Morgan fingerprint density at radius 3 is 2.38 bits per heavy atom. The van der Waals surface area contributed by atoms with E-state index in [4.69, 9.17) is 9.47 Å². The SMILES string of the molecule is COc1ccc(C(CNC(=O)COc2ccc(C)cc2C)N(C)C)cc1. The molecule has 0 spiro atoms. The summed E-state index contributed by atoms with van der Waals surface area (Å²) in [6, 6.07) is 13.9. The summed E-state index contributed by atoms with van der Waals surface area (Å²) in [6.07, 6.45) is 0. The van der Waals surface area contributed by atoms with Gasteiger partial charge in [0.1, 0.15) is 11.5 Å². The third-order valence-corrected chi connectivity index (χ3v) is 4.31. The van der Waals surface area contributed by atoms with Crippen molar-refractivity contribution in [3.05, 3.63) is 59.2 Å². The van der Waals surface area contributed by atoms with Crippen molar-refractivity contribution < 1.29 is 14.3 Å². The maximum Gasteiger partial charge on any atom is 0.258 e. The average Bonchev–Trinajstić information content (AvgIpc) is 2.61. The molecule has 2 rings (SSSR count). The number of amides is 1. The summed E-state index contributed by atoms with van der Waals surface area (Å²) in [5, 5.41) is 2.96. The van der Waals surface area contributed by atoms with Crippen molar-refractivity contribution in [2.45, 2.75) is 19.9 Å². The van der Waals surface area contributed by atoms with Gasteiger partial charge in [0.25, 0.3) is 5.91 Å². The molecular weight excluding hydrogens is 328 g/mol. The van der Waals surface area contributed by atoms with Crippen LogP contribution in [0.5, 0.6) is 11.5 Å². The first-order valence-electron chi connectivity index (χ1n) is 8.68. The van der Waals surface area contributed by atoms with Crippen LogP contribution in [0.15, 0.2) is 42.5 Å². The fourth-order valence-electron chi connectivity index (χ4n) is 2.79. The zero-order valence-electron chi connectivity index (χ0n) is 16.2. The van der Waals surface area contributed by atoms with Crippen molar-refractivity contribution in [1.82, 2.24) is 10.2 Å². The molecule has 140 valence electrons. The lowest BCUT2D eigenvalue weighted by Crippen LogP contribution is -2.36. The molecule has 5 heteroatoms. The van der Waals surface area contributed by atoms with Crippen LogP contribution in [-0.2, 0) is 4.79 Å². The van der Waals surface area contributed by atoms with Crippen LogP contribution >= 0.6 is 0 Å². The number of ether oxygens (including phenoxy) is 2. The van der Waals surface area contributed by atoms with Gasteiger partial charge in [-0.15, -0.1) is 0 Å². The Balaban J connectivity index is 1.90. The van der Waals surface area contributed by atoms with Crippen molar-refractivity contribution in [2.24, 2.45) is 0 Å². The number of carbonyl (C=O) groups excluding carboxylic acids is 1. The molecule has 0 radical (unpaired) electrons. The Morgan fingerprint density at radius 1 is 1.12 bits per heavy atom. The second-order valence-electron chi connectivity index (χ2n) is 6.61. The van der Waals surface area contributed by atoms with Gasteiger partial charge < -0.3 is 19.7 Å². The molecular formula is C21H28N2O3. The van der Waals surface area contributed by atoms with E-state index in [1.54, 1.807) is 7.11 Å². The first-order valence-corrected chi connectivity index (χ1v) is 8.68. The fourth-order valence-corrected chi connectivity index (χ4v) is 2.79. The molecule has 0 fully saturated rings. The largest absolute Gasteiger partial charge is 0.497 e. The molecule has 0 aliphatic rings. The summed E-state index contributed by atoms with van der Waals surface area (Å²) >= 11 is 0. The van der Waals surface area contributed by atoms with E-state index in [1.165, 1.54) is 5.56 Å². The minimum Gasteiger partial charge on any atom is -0.497 e. The minimum atomic E-state index is -0.134. The smallest absolute Gasteiger partial charge is 0.258 e. The Bertz CT molecular complexity index is 727. The van der Waals surface area contributed by atoms with Gasteiger partial charge in [0.15, 0.2) is 6.61 Å². The normalized spacial score (nSPS) is 11.9. The van der Waals surface area contributed by atoms with Crippen LogP contribution < -0.4 is 14.8 Å². The third kappa shape index (κ3) is 5.49. The Kier molecular flexibility index (Phi) is 7.04. The van der Waals surface area contributed by atoms with E-state index in [0.717, 1.165) is 22.6 Å². The third-order valence-electron chi connectivity index (χ3n) is 4.31. The molecule has 0 saturated carbocycles. The number of aryl methyl sites for hydroxylation is 2. The topological polar surface area (TPSA) is 50.8 Å². The van der Waals surface area contributed by atoms with Crippen LogP contribution in [0.2, 0.25) is 0 Å². The van der Waals surface area contributed by atoms with E-state index < -0.39 is 0 Å². The van der Waals surface area contributed by atoms with Crippen molar-refractivity contribution in [3.63, 3.8) is 0 Å². The number of nitrogens with one attached hydrogen (secondary N) is 1. The van der Waals surface area contributed by atoms with E-state index in [-0.39, 0.29) is 18.6 Å². The minimum absolute atomic E-state index is 0.00661. The van der Waals surface area contributed by atoms with E-state index in [9.17, 15) is 4.79 Å². The molecule has 1 unspecified atom stereocenters. The molecule has 2 aromatic carbocycles. The molecule has 1 N–H and O–H groups in total. The lowest BCUT2D eigenvalue weighted by atomic mass is 10.1. The van der Waals surface area contributed by atoms with Crippen LogP contribution in [0.25, 0.3) is 0 Å². The summed E-state index contributed by atoms with van der Waals surface area (Å²) in [6.45, 7) is 4.52. The van der Waals surface area contributed by atoms with Crippen LogP contribution in [0, 0.1) is 13.8 Å². The molecule has 1 atom stereocenters. The molecule has 0 saturated heterocycles. The van der Waals surface area contributed by atoms with Crippen LogP contribution in [0.3, 0.4) is 0 Å². The second-order valence-corrected chi connectivity index (χ2v) is 6.61. The van der Waals surface area contributed by atoms with Gasteiger partial charge in [-0.1, -0.05) is 29.8 Å². The molecule has 26 heavy (non-hydrogen) atoms. The van der Waals surface area contributed by atoms with E-state index in [1.807, 2.05) is 70.4 Å². The Morgan fingerprint density at radius 2 is 1.81 bits per heavy atom. The summed E-state index contributed by atoms with van der Waals surface area (Å²) in [4.78, 5) is 14.3. The van der Waals surface area contributed by atoms with Gasteiger partial charge in [0.2, 0.25) is 0 Å². The van der Waals surface area contributed by atoms with Gasteiger partial charge in [0.05, 0.1) is 13.2 Å². The number of rotatable bonds is 8. The molecule has 0 aliphatic carbocycles. The highest BCUT2D eigenvalue weighted by molar-refractivity contribution is 5.77. The lowest BCUT2D eigenvalue weighted by molar-refractivity contribution is -0.123. The number of benzene rings is 2. The number of hydrogen-bond donors (Lipinski definition) is 1. The predicted octanol–water partition coefficient (Wildman–Crippen LogP) is 3.11. The monoisotopic (exact) mass is 356 g/mol. The second kappa shape index (κ2) is 9.25.